The standard InChI is InChI=1S/C16H24N4S/c1-9-10(2)20(12-6-5-7-13(8-12)21-4)16-14(9)15(17)18-11(3)19-16/h12-13H,5-8H2,1-4H3,(H2,17,18,19). The predicted molar refractivity (Wildman–Crippen MR) is 91.0 cm³/mol. The number of hydrogen-bond donors (Lipinski definition) is 1. The Labute approximate surface area is 130 Å². The lowest BCUT2D eigenvalue weighted by Crippen LogP contribution is -2.21. The van der Waals surface area contributed by atoms with Crippen molar-refractivity contribution < 1.29 is 0 Å². The lowest BCUT2D eigenvalue weighted by molar-refractivity contribution is 0.363. The molecule has 1 aliphatic rings. The third-order valence-electron chi connectivity index (χ3n) is 4.83. The maximum Gasteiger partial charge on any atom is 0.146 e. The minimum absolute atomic E-state index is 0.543. The van der Waals surface area contributed by atoms with E-state index in [0.29, 0.717) is 11.9 Å². The van der Waals surface area contributed by atoms with Crippen molar-refractivity contribution in [2.45, 2.75) is 57.7 Å². The summed E-state index contributed by atoms with van der Waals surface area (Å²) in [6.07, 6.45) is 7.33. The number of nitrogen functional groups attached to an aromatic ring is 1. The highest BCUT2D eigenvalue weighted by Crippen LogP contribution is 2.39. The van der Waals surface area contributed by atoms with Gasteiger partial charge in [0, 0.05) is 17.0 Å². The molecular weight excluding hydrogens is 280 g/mol. The summed E-state index contributed by atoms with van der Waals surface area (Å²) < 4.78 is 2.43. The van der Waals surface area contributed by atoms with Gasteiger partial charge in [-0.25, -0.2) is 9.97 Å². The molecule has 5 heteroatoms. The lowest BCUT2D eigenvalue weighted by Gasteiger charge is -2.30. The summed E-state index contributed by atoms with van der Waals surface area (Å²) in [4.78, 5) is 9.05. The summed E-state index contributed by atoms with van der Waals surface area (Å²) in [5.74, 6) is 1.38. The number of nitrogens with two attached hydrogens (primary N) is 1. The fourth-order valence-electron chi connectivity index (χ4n) is 3.65. The molecule has 2 N–H and O–H groups in total. The van der Waals surface area contributed by atoms with E-state index in [0.717, 1.165) is 22.1 Å². The second-order valence-electron chi connectivity index (χ2n) is 6.11. The molecule has 1 fully saturated rings. The van der Waals surface area contributed by atoms with Gasteiger partial charge in [-0.15, -0.1) is 0 Å². The van der Waals surface area contributed by atoms with Crippen molar-refractivity contribution in [2.75, 3.05) is 12.0 Å². The zero-order valence-electron chi connectivity index (χ0n) is 13.3. The van der Waals surface area contributed by atoms with Gasteiger partial charge in [-0.05, 0) is 51.9 Å². The zero-order valence-corrected chi connectivity index (χ0v) is 14.1. The number of aromatic nitrogens is 3. The third kappa shape index (κ3) is 2.41. The Morgan fingerprint density at radius 1 is 1.19 bits per heavy atom. The topological polar surface area (TPSA) is 56.7 Å². The van der Waals surface area contributed by atoms with Gasteiger partial charge in [0.15, 0.2) is 0 Å². The van der Waals surface area contributed by atoms with Crippen LogP contribution in [-0.4, -0.2) is 26.0 Å². The average molecular weight is 304 g/mol. The lowest BCUT2D eigenvalue weighted by atomic mass is 9.94. The van der Waals surface area contributed by atoms with E-state index in [2.05, 4.69) is 29.7 Å². The molecule has 2 unspecified atom stereocenters. The van der Waals surface area contributed by atoms with E-state index < -0.39 is 0 Å². The van der Waals surface area contributed by atoms with E-state index in [1.807, 2.05) is 18.7 Å². The summed E-state index contributed by atoms with van der Waals surface area (Å²) in [7, 11) is 0. The van der Waals surface area contributed by atoms with E-state index >= 15 is 0 Å². The van der Waals surface area contributed by atoms with Gasteiger partial charge in [0.25, 0.3) is 0 Å². The molecule has 0 aliphatic heterocycles. The van der Waals surface area contributed by atoms with Crippen LogP contribution in [0.3, 0.4) is 0 Å². The number of nitrogens with zero attached hydrogens (tertiary/aromatic N) is 3. The number of fused-ring (bicyclic) bond motifs is 1. The molecule has 0 aromatic carbocycles. The molecule has 0 saturated heterocycles. The normalized spacial score (nSPS) is 22.9. The summed E-state index contributed by atoms with van der Waals surface area (Å²) in [5, 5.41) is 1.81. The van der Waals surface area contributed by atoms with Crippen molar-refractivity contribution >= 4 is 28.6 Å². The third-order valence-corrected chi connectivity index (χ3v) is 5.93. The minimum Gasteiger partial charge on any atom is -0.383 e. The molecule has 0 amide bonds. The van der Waals surface area contributed by atoms with Gasteiger partial charge in [0.1, 0.15) is 17.3 Å². The van der Waals surface area contributed by atoms with Crippen molar-refractivity contribution in [3.8, 4) is 0 Å². The Bertz CT molecular complexity index is 677. The number of hydrogen-bond acceptors (Lipinski definition) is 4. The van der Waals surface area contributed by atoms with Crippen molar-refractivity contribution in [1.82, 2.24) is 14.5 Å². The molecular formula is C16H24N4S. The van der Waals surface area contributed by atoms with E-state index in [-0.39, 0.29) is 0 Å². The number of thioether (sulfide) groups is 1. The second kappa shape index (κ2) is 5.52. The molecule has 1 saturated carbocycles. The molecule has 4 nitrogen and oxygen atoms in total. The zero-order chi connectivity index (χ0) is 15.1. The van der Waals surface area contributed by atoms with Crippen LogP contribution in [0.15, 0.2) is 0 Å². The van der Waals surface area contributed by atoms with Crippen LogP contribution in [0.1, 0.15) is 48.8 Å². The SMILES string of the molecule is CSC1CCCC(n2c(C)c(C)c3c(N)nc(C)nc32)C1. The largest absolute Gasteiger partial charge is 0.383 e. The van der Waals surface area contributed by atoms with Crippen molar-refractivity contribution in [3.05, 3.63) is 17.1 Å². The molecule has 0 bridgehead atoms. The first kappa shape index (κ1) is 14.7. The number of anilines is 1. The van der Waals surface area contributed by atoms with E-state index in [1.165, 1.54) is 36.9 Å². The van der Waals surface area contributed by atoms with E-state index in [9.17, 15) is 0 Å². The fraction of sp³-hybridized carbons (Fsp3) is 0.625. The maximum absolute atomic E-state index is 6.15. The first-order valence-electron chi connectivity index (χ1n) is 7.67. The van der Waals surface area contributed by atoms with Crippen LogP contribution in [0.2, 0.25) is 0 Å². The predicted octanol–water partition coefficient (Wildman–Crippen LogP) is 3.79. The molecule has 3 rings (SSSR count). The first-order valence-corrected chi connectivity index (χ1v) is 8.95. The molecule has 2 heterocycles. The van der Waals surface area contributed by atoms with Crippen LogP contribution in [0.4, 0.5) is 5.82 Å². The van der Waals surface area contributed by atoms with Crippen LogP contribution < -0.4 is 5.73 Å². The van der Waals surface area contributed by atoms with Gasteiger partial charge < -0.3 is 10.3 Å². The Morgan fingerprint density at radius 2 is 1.95 bits per heavy atom. The van der Waals surface area contributed by atoms with E-state index in [1.54, 1.807) is 0 Å². The van der Waals surface area contributed by atoms with Gasteiger partial charge >= 0.3 is 0 Å². The highest BCUT2D eigenvalue weighted by molar-refractivity contribution is 7.99. The molecule has 2 aromatic rings. The highest BCUT2D eigenvalue weighted by atomic mass is 32.2. The maximum atomic E-state index is 6.15. The minimum atomic E-state index is 0.543. The Kier molecular flexibility index (Phi) is 3.86. The van der Waals surface area contributed by atoms with Crippen LogP contribution in [-0.2, 0) is 0 Å². The monoisotopic (exact) mass is 304 g/mol. The van der Waals surface area contributed by atoms with E-state index in [4.69, 9.17) is 10.7 Å². The Hall–Kier alpha value is -1.23. The Morgan fingerprint density at radius 3 is 2.67 bits per heavy atom. The molecule has 114 valence electrons. The quantitative estimate of drug-likeness (QED) is 0.917. The van der Waals surface area contributed by atoms with Gasteiger partial charge in [-0.3, -0.25) is 0 Å². The molecule has 1 aliphatic carbocycles. The van der Waals surface area contributed by atoms with Gasteiger partial charge in [-0.1, -0.05) is 6.42 Å². The molecule has 0 radical (unpaired) electrons. The fourth-order valence-corrected chi connectivity index (χ4v) is 4.47. The van der Waals surface area contributed by atoms with Gasteiger partial charge in [-0.2, -0.15) is 11.8 Å². The molecule has 2 aromatic heterocycles. The Balaban J connectivity index is 2.16. The summed E-state index contributed by atoms with van der Waals surface area (Å²) in [5.41, 5.74) is 9.71. The second-order valence-corrected chi connectivity index (χ2v) is 7.25. The molecule has 0 spiro atoms. The van der Waals surface area contributed by atoms with Gasteiger partial charge in [0.05, 0.1) is 5.39 Å². The van der Waals surface area contributed by atoms with Crippen molar-refractivity contribution in [2.24, 2.45) is 0 Å². The smallest absolute Gasteiger partial charge is 0.146 e. The summed E-state index contributed by atoms with van der Waals surface area (Å²) >= 11 is 2.00. The highest BCUT2D eigenvalue weighted by Gasteiger charge is 2.27. The summed E-state index contributed by atoms with van der Waals surface area (Å²) in [6.45, 7) is 6.25. The summed E-state index contributed by atoms with van der Waals surface area (Å²) in [6, 6.07) is 0.543. The van der Waals surface area contributed by atoms with Crippen molar-refractivity contribution in [3.63, 3.8) is 0 Å². The average Bonchev–Trinajstić information content (AvgIpc) is 2.70. The van der Waals surface area contributed by atoms with Crippen LogP contribution in [0.25, 0.3) is 11.0 Å². The first-order chi connectivity index (χ1) is 10.0. The van der Waals surface area contributed by atoms with Crippen molar-refractivity contribution in [1.29, 1.82) is 0 Å². The number of aryl methyl sites for hydroxylation is 2. The van der Waals surface area contributed by atoms with Crippen LogP contribution in [0, 0.1) is 20.8 Å². The molecule has 2 atom stereocenters. The van der Waals surface area contributed by atoms with Gasteiger partial charge in [0.2, 0.25) is 0 Å². The molecule has 21 heavy (non-hydrogen) atoms. The number of rotatable bonds is 2. The van der Waals surface area contributed by atoms with Crippen LogP contribution >= 0.6 is 11.8 Å². The van der Waals surface area contributed by atoms with Crippen LogP contribution in [0.5, 0.6) is 0 Å².